The first-order chi connectivity index (χ1) is 16.0. The number of amidine groups is 1. The van der Waals surface area contributed by atoms with Crippen molar-refractivity contribution >= 4 is 46.0 Å². The number of amides is 2. The van der Waals surface area contributed by atoms with E-state index in [1.54, 1.807) is 24.4 Å². The number of nitrogens with one attached hydrogen (secondary N) is 2. The summed E-state index contributed by atoms with van der Waals surface area (Å²) in [4.78, 5) is 32.7. The van der Waals surface area contributed by atoms with Crippen molar-refractivity contribution < 1.29 is 18.7 Å². The van der Waals surface area contributed by atoms with Crippen LogP contribution in [0.4, 0.5) is 10.1 Å². The topological polar surface area (TPSA) is 92.7 Å². The summed E-state index contributed by atoms with van der Waals surface area (Å²) >= 11 is 7.11. The molecule has 4 rings (SSSR count). The molecule has 1 aliphatic rings. The van der Waals surface area contributed by atoms with Gasteiger partial charge in [0, 0.05) is 29.6 Å². The van der Waals surface area contributed by atoms with Gasteiger partial charge in [0.15, 0.2) is 5.17 Å². The lowest BCUT2D eigenvalue weighted by Gasteiger charge is -2.10. The number of pyridine rings is 1. The first-order valence-electron chi connectivity index (χ1n) is 9.92. The molecule has 0 bridgehead atoms. The van der Waals surface area contributed by atoms with E-state index in [9.17, 15) is 14.0 Å². The Morgan fingerprint density at radius 1 is 1.12 bits per heavy atom. The number of hydrogen-bond acceptors (Lipinski definition) is 6. The molecule has 1 atom stereocenters. The molecule has 2 aromatic carbocycles. The van der Waals surface area contributed by atoms with Crippen LogP contribution in [-0.4, -0.2) is 27.2 Å². The zero-order chi connectivity index (χ0) is 23.2. The summed E-state index contributed by atoms with van der Waals surface area (Å²) in [5, 5.41) is 5.54. The van der Waals surface area contributed by atoms with Gasteiger partial charge in [-0.1, -0.05) is 47.6 Å². The number of carbonyl (C=O) groups is 2. The fraction of sp³-hybridized carbons (Fsp3) is 0.130. The van der Waals surface area contributed by atoms with Gasteiger partial charge < -0.3 is 15.4 Å². The molecule has 0 saturated heterocycles. The summed E-state index contributed by atoms with van der Waals surface area (Å²) in [6.45, 7) is -0.0645. The Hall–Kier alpha value is -3.43. The SMILES string of the molecule is O=C(CC1SC(Nc2ccc(Oc3ccccc3)nc2)=NC1=O)NCc1c(F)cccc1Cl. The molecule has 0 fully saturated rings. The standard InChI is InChI=1S/C23H18ClFN4O3S/c24-17-7-4-8-18(25)16(17)13-26-20(30)11-19-22(31)29-23(33-19)28-14-9-10-21(27-12-14)32-15-5-2-1-3-6-15/h1-10,12,19H,11,13H2,(H,26,30)(H,28,29,31). The van der Waals surface area contributed by atoms with Crippen LogP contribution in [0.5, 0.6) is 11.6 Å². The molecule has 2 N–H and O–H groups in total. The molecule has 7 nitrogen and oxygen atoms in total. The lowest BCUT2D eigenvalue weighted by molar-refractivity contribution is -0.124. The lowest BCUT2D eigenvalue weighted by atomic mass is 10.2. The van der Waals surface area contributed by atoms with Gasteiger partial charge in [0.25, 0.3) is 5.91 Å². The third kappa shape index (κ3) is 6.09. The van der Waals surface area contributed by atoms with Gasteiger partial charge in [-0.05, 0) is 30.3 Å². The van der Waals surface area contributed by atoms with E-state index in [1.165, 1.54) is 12.1 Å². The van der Waals surface area contributed by atoms with Crippen LogP contribution in [0, 0.1) is 5.82 Å². The summed E-state index contributed by atoms with van der Waals surface area (Å²) in [5.41, 5.74) is 0.817. The lowest BCUT2D eigenvalue weighted by Crippen LogP contribution is -2.28. The largest absolute Gasteiger partial charge is 0.439 e. The second-order valence-electron chi connectivity index (χ2n) is 6.97. The summed E-state index contributed by atoms with van der Waals surface area (Å²) in [7, 11) is 0. The number of ether oxygens (including phenoxy) is 1. The van der Waals surface area contributed by atoms with Crippen LogP contribution in [0.3, 0.4) is 0 Å². The van der Waals surface area contributed by atoms with E-state index in [0.29, 0.717) is 22.5 Å². The first-order valence-corrected chi connectivity index (χ1v) is 11.2. The van der Waals surface area contributed by atoms with Crippen molar-refractivity contribution in [2.24, 2.45) is 4.99 Å². The van der Waals surface area contributed by atoms with Crippen molar-refractivity contribution in [1.82, 2.24) is 10.3 Å². The van der Waals surface area contributed by atoms with E-state index in [1.807, 2.05) is 30.3 Å². The van der Waals surface area contributed by atoms with E-state index < -0.39 is 22.9 Å². The van der Waals surface area contributed by atoms with Crippen LogP contribution >= 0.6 is 23.4 Å². The smallest absolute Gasteiger partial charge is 0.262 e. The summed E-state index contributed by atoms with van der Waals surface area (Å²) in [6, 6.07) is 17.0. The van der Waals surface area contributed by atoms with Gasteiger partial charge in [0.2, 0.25) is 11.8 Å². The van der Waals surface area contributed by atoms with Crippen molar-refractivity contribution in [3.05, 3.63) is 83.3 Å². The monoisotopic (exact) mass is 484 g/mol. The normalized spacial score (nSPS) is 15.2. The molecular weight excluding hydrogens is 467 g/mol. The fourth-order valence-electron chi connectivity index (χ4n) is 2.95. The number of hydrogen-bond donors (Lipinski definition) is 2. The molecule has 0 saturated carbocycles. The van der Waals surface area contributed by atoms with Crippen molar-refractivity contribution in [2.75, 3.05) is 5.32 Å². The number of carbonyl (C=O) groups excluding carboxylic acids is 2. The average Bonchev–Trinajstić information content (AvgIpc) is 3.14. The molecule has 1 aromatic heterocycles. The zero-order valence-corrected chi connectivity index (χ0v) is 18.7. The van der Waals surface area contributed by atoms with Gasteiger partial charge in [-0.25, -0.2) is 9.37 Å². The molecule has 10 heteroatoms. The van der Waals surface area contributed by atoms with Crippen molar-refractivity contribution in [3.8, 4) is 11.6 Å². The number of halogens is 2. The maximum absolute atomic E-state index is 13.8. The molecule has 168 valence electrons. The predicted octanol–water partition coefficient (Wildman–Crippen LogP) is 4.78. The van der Waals surface area contributed by atoms with Crippen molar-refractivity contribution in [2.45, 2.75) is 18.2 Å². The first kappa shape index (κ1) is 22.8. The number of benzene rings is 2. The Bertz CT molecular complexity index is 1170. The van der Waals surface area contributed by atoms with Crippen molar-refractivity contribution in [1.29, 1.82) is 0 Å². The molecule has 2 heterocycles. The maximum atomic E-state index is 13.8. The highest BCUT2D eigenvalue weighted by Gasteiger charge is 2.30. The molecule has 2 amide bonds. The number of para-hydroxylation sites is 1. The fourth-order valence-corrected chi connectivity index (χ4v) is 4.15. The molecule has 33 heavy (non-hydrogen) atoms. The van der Waals surface area contributed by atoms with E-state index in [0.717, 1.165) is 11.8 Å². The van der Waals surface area contributed by atoms with E-state index in [4.69, 9.17) is 16.3 Å². The van der Waals surface area contributed by atoms with E-state index in [-0.39, 0.29) is 23.6 Å². The van der Waals surface area contributed by atoms with Crippen LogP contribution in [0.2, 0.25) is 5.02 Å². The highest BCUT2D eigenvalue weighted by molar-refractivity contribution is 8.15. The second kappa shape index (κ2) is 10.5. The molecule has 1 aliphatic heterocycles. The summed E-state index contributed by atoms with van der Waals surface area (Å²) < 4.78 is 19.5. The third-order valence-electron chi connectivity index (χ3n) is 4.59. The van der Waals surface area contributed by atoms with Crippen LogP contribution in [0.25, 0.3) is 0 Å². The van der Waals surface area contributed by atoms with E-state index in [2.05, 4.69) is 20.6 Å². The quantitative estimate of drug-likeness (QED) is 0.501. The van der Waals surface area contributed by atoms with E-state index >= 15 is 0 Å². The van der Waals surface area contributed by atoms with Gasteiger partial charge in [-0.15, -0.1) is 0 Å². The van der Waals surface area contributed by atoms with Crippen LogP contribution in [-0.2, 0) is 16.1 Å². The number of anilines is 1. The minimum atomic E-state index is -0.669. The summed E-state index contributed by atoms with van der Waals surface area (Å²) in [6.07, 6.45) is 1.47. The Morgan fingerprint density at radius 3 is 2.67 bits per heavy atom. The Balaban J connectivity index is 1.27. The van der Waals surface area contributed by atoms with Crippen LogP contribution in [0.1, 0.15) is 12.0 Å². The Labute approximate surface area is 198 Å². The van der Waals surface area contributed by atoms with Crippen LogP contribution in [0.15, 0.2) is 71.9 Å². The average molecular weight is 485 g/mol. The molecule has 0 radical (unpaired) electrons. The van der Waals surface area contributed by atoms with Gasteiger partial charge in [0.1, 0.15) is 16.8 Å². The van der Waals surface area contributed by atoms with Crippen LogP contribution < -0.4 is 15.4 Å². The highest BCUT2D eigenvalue weighted by Crippen LogP contribution is 2.27. The van der Waals surface area contributed by atoms with Gasteiger partial charge >= 0.3 is 0 Å². The zero-order valence-electron chi connectivity index (χ0n) is 17.1. The number of aromatic nitrogens is 1. The minimum absolute atomic E-state index is 0.0645. The number of rotatable bonds is 7. The molecule has 0 aliphatic carbocycles. The second-order valence-corrected chi connectivity index (χ2v) is 8.57. The van der Waals surface area contributed by atoms with Crippen molar-refractivity contribution in [3.63, 3.8) is 0 Å². The Kier molecular flexibility index (Phi) is 7.21. The van der Waals surface area contributed by atoms with Gasteiger partial charge in [-0.3, -0.25) is 9.59 Å². The number of thioether (sulfide) groups is 1. The van der Waals surface area contributed by atoms with Gasteiger partial charge in [0.05, 0.1) is 11.9 Å². The molecular formula is C23H18ClFN4O3S. The Morgan fingerprint density at radius 2 is 1.94 bits per heavy atom. The van der Waals surface area contributed by atoms with Gasteiger partial charge in [-0.2, -0.15) is 4.99 Å². The highest BCUT2D eigenvalue weighted by atomic mass is 35.5. The number of aliphatic imine (C=N–C) groups is 1. The third-order valence-corrected chi connectivity index (χ3v) is 6.01. The summed E-state index contributed by atoms with van der Waals surface area (Å²) in [5.74, 6) is -0.226. The predicted molar refractivity (Wildman–Crippen MR) is 126 cm³/mol. The molecule has 1 unspecified atom stereocenters. The minimum Gasteiger partial charge on any atom is -0.439 e. The number of nitrogens with zero attached hydrogens (tertiary/aromatic N) is 2. The maximum Gasteiger partial charge on any atom is 0.262 e. The molecule has 3 aromatic rings. The molecule has 0 spiro atoms.